The maximum absolute atomic E-state index is 13.4. The van der Waals surface area contributed by atoms with Gasteiger partial charge in [-0.25, -0.2) is 0 Å². The number of hydrogen-bond donors (Lipinski definition) is 1. The van der Waals surface area contributed by atoms with E-state index < -0.39 is 11.6 Å². The molecule has 8 nitrogen and oxygen atoms in total. The molecule has 0 spiro atoms. The highest BCUT2D eigenvalue weighted by Crippen LogP contribution is 2.44. The van der Waals surface area contributed by atoms with Gasteiger partial charge in [-0.15, -0.1) is 10.2 Å². The predicted molar refractivity (Wildman–Crippen MR) is 103 cm³/mol. The molecule has 5 rings (SSSR count). The second kappa shape index (κ2) is 6.10. The van der Waals surface area contributed by atoms with Gasteiger partial charge in [0, 0.05) is 25.8 Å². The van der Waals surface area contributed by atoms with Crippen LogP contribution in [0.5, 0.6) is 0 Å². The molecule has 28 heavy (non-hydrogen) atoms. The van der Waals surface area contributed by atoms with Gasteiger partial charge in [0.2, 0.25) is 16.7 Å². The third-order valence-corrected chi connectivity index (χ3v) is 7.02. The van der Waals surface area contributed by atoms with Crippen LogP contribution in [0.4, 0.5) is 10.8 Å². The Morgan fingerprint density at radius 2 is 2.04 bits per heavy atom. The summed E-state index contributed by atoms with van der Waals surface area (Å²) in [4.78, 5) is 41.9. The van der Waals surface area contributed by atoms with Crippen LogP contribution in [0.1, 0.15) is 53.4 Å². The Labute approximate surface area is 165 Å². The van der Waals surface area contributed by atoms with Gasteiger partial charge in [-0.3, -0.25) is 24.6 Å². The summed E-state index contributed by atoms with van der Waals surface area (Å²) >= 11 is 1.37. The largest absolute Gasteiger partial charge is 0.310 e. The highest BCUT2D eigenvalue weighted by molar-refractivity contribution is 7.15. The molecule has 1 N–H and O–H groups in total. The number of carbonyl (C=O) groups is 3. The minimum absolute atomic E-state index is 0.172. The van der Waals surface area contributed by atoms with E-state index in [0.717, 1.165) is 17.8 Å². The van der Waals surface area contributed by atoms with Crippen molar-refractivity contribution in [3.8, 4) is 0 Å². The quantitative estimate of drug-likeness (QED) is 0.858. The molecule has 3 aliphatic rings. The third-order valence-electron chi connectivity index (χ3n) is 6.02. The molecule has 1 aromatic carbocycles. The molecule has 1 aliphatic carbocycles. The summed E-state index contributed by atoms with van der Waals surface area (Å²) in [6.45, 7) is 0. The number of rotatable bonds is 3. The molecule has 1 saturated carbocycles. The number of nitrogens with zero attached hydrogens (tertiary/aromatic N) is 4. The van der Waals surface area contributed by atoms with Gasteiger partial charge in [0.05, 0.1) is 11.3 Å². The number of hydrogen-bond acceptors (Lipinski definition) is 6. The Kier molecular flexibility index (Phi) is 3.77. The van der Waals surface area contributed by atoms with E-state index in [1.54, 1.807) is 31.3 Å². The zero-order chi connectivity index (χ0) is 19.5. The fraction of sp³-hybridized carbons (Fsp3) is 0.421. The predicted octanol–water partition coefficient (Wildman–Crippen LogP) is 2.35. The van der Waals surface area contributed by atoms with Gasteiger partial charge in [0.1, 0.15) is 5.01 Å². The summed E-state index contributed by atoms with van der Waals surface area (Å²) in [5.74, 6) is -0.449. The molecule has 2 aromatic rings. The molecule has 3 amide bonds. The van der Waals surface area contributed by atoms with Crippen LogP contribution in [0.25, 0.3) is 0 Å². The summed E-state index contributed by atoms with van der Waals surface area (Å²) < 4.78 is 0. The van der Waals surface area contributed by atoms with Gasteiger partial charge < -0.3 is 4.90 Å². The highest BCUT2D eigenvalue weighted by atomic mass is 32.1. The number of likely N-dealkylation sites (N-methyl/N-ethyl adjacent to an activating group) is 1. The number of anilines is 2. The Morgan fingerprint density at radius 1 is 1.25 bits per heavy atom. The highest BCUT2D eigenvalue weighted by Gasteiger charge is 2.59. The molecular formula is C19H19N5O3S. The van der Waals surface area contributed by atoms with Crippen molar-refractivity contribution >= 4 is 39.9 Å². The summed E-state index contributed by atoms with van der Waals surface area (Å²) in [5, 5.41) is 12.4. The van der Waals surface area contributed by atoms with Crippen LogP contribution < -0.4 is 10.2 Å². The lowest BCUT2D eigenvalue weighted by Crippen LogP contribution is -2.68. The molecule has 1 atom stereocenters. The molecule has 1 saturated heterocycles. The number of amides is 3. The molecule has 9 heteroatoms. The molecule has 144 valence electrons. The molecule has 2 fully saturated rings. The Morgan fingerprint density at radius 3 is 2.79 bits per heavy atom. The number of nitrogens with one attached hydrogen (secondary N) is 1. The lowest BCUT2D eigenvalue weighted by molar-refractivity contribution is -0.128. The van der Waals surface area contributed by atoms with Crippen molar-refractivity contribution in [1.29, 1.82) is 0 Å². The Balaban J connectivity index is 1.51. The van der Waals surface area contributed by atoms with Crippen LogP contribution in [-0.2, 0) is 9.59 Å². The van der Waals surface area contributed by atoms with E-state index in [2.05, 4.69) is 15.5 Å². The normalized spacial score (nSPS) is 24.0. The van der Waals surface area contributed by atoms with Crippen LogP contribution in [0.15, 0.2) is 24.3 Å². The SMILES string of the molecule is CN1C(=O)c2ccccc2N2C(=O)CC[C@]12C(=O)Nc1nnc(C2CCC2)s1. The first-order valence-corrected chi connectivity index (χ1v) is 10.2. The van der Waals surface area contributed by atoms with Gasteiger partial charge in [0.25, 0.3) is 11.8 Å². The van der Waals surface area contributed by atoms with Crippen molar-refractivity contribution < 1.29 is 14.4 Å². The van der Waals surface area contributed by atoms with E-state index in [-0.39, 0.29) is 24.7 Å². The van der Waals surface area contributed by atoms with Crippen molar-refractivity contribution in [3.05, 3.63) is 34.8 Å². The maximum Gasteiger partial charge on any atom is 0.273 e. The maximum atomic E-state index is 13.4. The lowest BCUT2D eigenvalue weighted by Gasteiger charge is -2.47. The van der Waals surface area contributed by atoms with Crippen LogP contribution >= 0.6 is 11.3 Å². The fourth-order valence-corrected chi connectivity index (χ4v) is 5.14. The van der Waals surface area contributed by atoms with Gasteiger partial charge in [-0.05, 0) is 25.0 Å². The number of fused-ring (bicyclic) bond motifs is 3. The van der Waals surface area contributed by atoms with Crippen molar-refractivity contribution in [1.82, 2.24) is 15.1 Å². The zero-order valence-corrected chi connectivity index (χ0v) is 16.2. The van der Waals surface area contributed by atoms with Crippen molar-refractivity contribution in [2.45, 2.75) is 43.7 Å². The van der Waals surface area contributed by atoms with Gasteiger partial charge in [-0.1, -0.05) is 29.9 Å². The van der Waals surface area contributed by atoms with Crippen molar-refractivity contribution in [2.24, 2.45) is 0 Å². The van der Waals surface area contributed by atoms with E-state index in [0.29, 0.717) is 22.3 Å². The smallest absolute Gasteiger partial charge is 0.273 e. The van der Waals surface area contributed by atoms with Gasteiger partial charge >= 0.3 is 0 Å². The summed E-state index contributed by atoms with van der Waals surface area (Å²) in [7, 11) is 1.57. The minimum Gasteiger partial charge on any atom is -0.310 e. The second-order valence-corrected chi connectivity index (χ2v) is 8.46. The molecule has 0 unspecified atom stereocenters. The number of carbonyl (C=O) groups excluding carboxylic acids is 3. The Bertz CT molecular complexity index is 1000. The topological polar surface area (TPSA) is 95.5 Å². The van der Waals surface area contributed by atoms with E-state index in [9.17, 15) is 14.4 Å². The number of para-hydroxylation sites is 1. The first kappa shape index (κ1) is 17.3. The van der Waals surface area contributed by atoms with E-state index in [4.69, 9.17) is 0 Å². The van der Waals surface area contributed by atoms with Crippen LogP contribution in [-0.4, -0.2) is 45.5 Å². The monoisotopic (exact) mass is 397 g/mol. The molecule has 2 aliphatic heterocycles. The number of benzene rings is 1. The third kappa shape index (κ3) is 2.25. The van der Waals surface area contributed by atoms with Crippen molar-refractivity contribution in [2.75, 3.05) is 17.3 Å². The fourth-order valence-electron chi connectivity index (χ4n) is 4.23. The summed E-state index contributed by atoms with van der Waals surface area (Å²) in [6.07, 6.45) is 3.83. The summed E-state index contributed by atoms with van der Waals surface area (Å²) in [6, 6.07) is 6.91. The average molecular weight is 397 g/mol. The zero-order valence-electron chi connectivity index (χ0n) is 15.3. The Hall–Kier alpha value is -2.81. The molecule has 0 bridgehead atoms. The van der Waals surface area contributed by atoms with Crippen LogP contribution in [0, 0.1) is 0 Å². The molecule has 3 heterocycles. The van der Waals surface area contributed by atoms with E-state index in [1.807, 2.05) is 0 Å². The molecule has 1 aromatic heterocycles. The van der Waals surface area contributed by atoms with E-state index >= 15 is 0 Å². The standard InChI is InChI=1S/C19H19N5O3S/c1-23-16(26)12-7-2-3-8-13(12)24-14(25)9-10-19(23,24)17(27)20-18-22-21-15(28-18)11-5-4-6-11/h2-3,7-8,11H,4-6,9-10H2,1H3,(H,20,22,27)/t19-/m0/s1. The molecule has 0 radical (unpaired) electrons. The van der Waals surface area contributed by atoms with Gasteiger partial charge in [-0.2, -0.15) is 0 Å². The summed E-state index contributed by atoms with van der Waals surface area (Å²) in [5.41, 5.74) is -0.479. The van der Waals surface area contributed by atoms with E-state index in [1.165, 1.54) is 27.6 Å². The second-order valence-electron chi connectivity index (χ2n) is 7.45. The first-order valence-electron chi connectivity index (χ1n) is 9.37. The van der Waals surface area contributed by atoms with Crippen molar-refractivity contribution in [3.63, 3.8) is 0 Å². The lowest BCUT2D eigenvalue weighted by atomic mass is 9.86. The minimum atomic E-state index is -1.38. The van der Waals surface area contributed by atoms with Crippen LogP contribution in [0.2, 0.25) is 0 Å². The van der Waals surface area contributed by atoms with Crippen LogP contribution in [0.3, 0.4) is 0 Å². The average Bonchev–Trinajstić information content (AvgIpc) is 3.24. The van der Waals surface area contributed by atoms with Gasteiger partial charge in [0.15, 0.2) is 0 Å². The number of aromatic nitrogens is 2. The first-order chi connectivity index (χ1) is 13.5. The molecular weight excluding hydrogens is 378 g/mol.